The summed E-state index contributed by atoms with van der Waals surface area (Å²) in [5, 5.41) is 3.06. The number of amides is 1. The Balaban J connectivity index is 1.62. The molecule has 1 saturated heterocycles. The Hall–Kier alpha value is -2.21. The fraction of sp³-hybridized carbons (Fsp3) is 0.458. The van der Waals surface area contributed by atoms with Crippen molar-refractivity contribution < 1.29 is 4.79 Å². The molecule has 1 atom stereocenters. The van der Waals surface area contributed by atoms with Gasteiger partial charge in [-0.2, -0.15) is 0 Å². The largest absolute Gasteiger partial charge is 0.353 e. The Kier molecular flexibility index (Phi) is 7.81. The van der Waals surface area contributed by atoms with Crippen LogP contribution in [0.25, 0.3) is 0 Å². The fourth-order valence-corrected chi connectivity index (χ4v) is 3.98. The highest BCUT2D eigenvalue weighted by atomic mass is 16.2. The third-order valence-electron chi connectivity index (χ3n) is 5.73. The van der Waals surface area contributed by atoms with Crippen molar-refractivity contribution in [1.29, 1.82) is 0 Å². The van der Waals surface area contributed by atoms with Crippen LogP contribution in [0.5, 0.6) is 0 Å². The molecule has 156 valence electrons. The van der Waals surface area contributed by atoms with Crippen LogP contribution >= 0.6 is 0 Å². The van der Waals surface area contributed by atoms with E-state index in [9.17, 15) is 4.79 Å². The van der Waals surface area contributed by atoms with Gasteiger partial charge in [-0.3, -0.25) is 14.6 Å². The summed E-state index contributed by atoms with van der Waals surface area (Å²) >= 11 is 0. The van der Waals surface area contributed by atoms with E-state index in [-0.39, 0.29) is 18.0 Å². The summed E-state index contributed by atoms with van der Waals surface area (Å²) < 4.78 is 0. The summed E-state index contributed by atoms with van der Waals surface area (Å²) in [7, 11) is 4.04. The Morgan fingerprint density at radius 3 is 1.86 bits per heavy atom. The molecule has 1 unspecified atom stereocenters. The molecule has 1 heterocycles. The summed E-state index contributed by atoms with van der Waals surface area (Å²) in [6, 6.07) is 21.6. The molecule has 5 heteroatoms. The molecule has 0 spiro atoms. The number of piperazine rings is 1. The average molecular weight is 395 g/mol. The maximum absolute atomic E-state index is 12.5. The number of rotatable bonds is 8. The summed E-state index contributed by atoms with van der Waals surface area (Å²) in [6.07, 6.45) is 0. The van der Waals surface area contributed by atoms with Gasteiger partial charge in [-0.05, 0) is 32.1 Å². The van der Waals surface area contributed by atoms with Crippen LogP contribution in [0.1, 0.15) is 24.1 Å². The van der Waals surface area contributed by atoms with E-state index in [2.05, 4.69) is 80.7 Å². The Morgan fingerprint density at radius 1 is 0.897 bits per heavy atom. The highest BCUT2D eigenvalue weighted by Gasteiger charge is 2.29. The van der Waals surface area contributed by atoms with Crippen molar-refractivity contribution in [2.24, 2.45) is 0 Å². The SMILES string of the molecule is CC(C(=O)NCCN(C)C)N1CCN(C(c2ccccc2)c2ccccc2)CC1. The van der Waals surface area contributed by atoms with Crippen LogP contribution in [0.15, 0.2) is 60.7 Å². The Bertz CT molecular complexity index is 702. The number of hydrogen-bond acceptors (Lipinski definition) is 4. The minimum absolute atomic E-state index is 0.0915. The quantitative estimate of drug-likeness (QED) is 0.747. The molecule has 3 rings (SSSR count). The molecule has 0 aliphatic carbocycles. The zero-order valence-electron chi connectivity index (χ0n) is 17.9. The predicted molar refractivity (Wildman–Crippen MR) is 119 cm³/mol. The number of likely N-dealkylation sites (N-methyl/N-ethyl adjacent to an activating group) is 1. The first-order chi connectivity index (χ1) is 14.1. The lowest BCUT2D eigenvalue weighted by atomic mass is 9.96. The van der Waals surface area contributed by atoms with Crippen LogP contribution in [0, 0.1) is 0 Å². The van der Waals surface area contributed by atoms with Gasteiger partial charge in [0.1, 0.15) is 0 Å². The average Bonchev–Trinajstić information content (AvgIpc) is 2.75. The van der Waals surface area contributed by atoms with Gasteiger partial charge in [0.2, 0.25) is 5.91 Å². The minimum atomic E-state index is -0.0915. The second kappa shape index (κ2) is 10.5. The van der Waals surface area contributed by atoms with E-state index in [1.165, 1.54) is 11.1 Å². The smallest absolute Gasteiger partial charge is 0.237 e. The van der Waals surface area contributed by atoms with Gasteiger partial charge in [-0.25, -0.2) is 0 Å². The van der Waals surface area contributed by atoms with Gasteiger partial charge in [-0.1, -0.05) is 60.7 Å². The predicted octanol–water partition coefficient (Wildman–Crippen LogP) is 2.46. The number of nitrogens with one attached hydrogen (secondary N) is 1. The molecule has 1 aliphatic heterocycles. The molecule has 0 radical (unpaired) electrons. The zero-order chi connectivity index (χ0) is 20.6. The molecule has 1 amide bonds. The molecule has 0 aromatic heterocycles. The molecule has 1 fully saturated rings. The highest BCUT2D eigenvalue weighted by molar-refractivity contribution is 5.81. The van der Waals surface area contributed by atoms with Crippen LogP contribution in [0.2, 0.25) is 0 Å². The van der Waals surface area contributed by atoms with Gasteiger partial charge in [0.25, 0.3) is 0 Å². The molecule has 1 aliphatic rings. The highest BCUT2D eigenvalue weighted by Crippen LogP contribution is 2.29. The van der Waals surface area contributed by atoms with Crippen LogP contribution in [-0.2, 0) is 4.79 Å². The lowest BCUT2D eigenvalue weighted by Crippen LogP contribution is -2.54. The first-order valence-electron chi connectivity index (χ1n) is 10.6. The maximum atomic E-state index is 12.5. The van der Waals surface area contributed by atoms with Crippen molar-refractivity contribution in [3.05, 3.63) is 71.8 Å². The van der Waals surface area contributed by atoms with Crippen LogP contribution < -0.4 is 5.32 Å². The van der Waals surface area contributed by atoms with Gasteiger partial charge in [0.15, 0.2) is 0 Å². The molecule has 5 nitrogen and oxygen atoms in total. The minimum Gasteiger partial charge on any atom is -0.353 e. The van der Waals surface area contributed by atoms with Crippen LogP contribution in [0.3, 0.4) is 0 Å². The van der Waals surface area contributed by atoms with Crippen molar-refractivity contribution in [1.82, 2.24) is 20.0 Å². The summed E-state index contributed by atoms with van der Waals surface area (Å²) in [4.78, 5) is 19.4. The van der Waals surface area contributed by atoms with Crippen molar-refractivity contribution in [3.63, 3.8) is 0 Å². The summed E-state index contributed by atoms with van der Waals surface area (Å²) in [6.45, 7) is 7.28. The topological polar surface area (TPSA) is 38.8 Å². The monoisotopic (exact) mass is 394 g/mol. The molecule has 0 saturated carbocycles. The van der Waals surface area contributed by atoms with E-state index in [0.717, 1.165) is 32.7 Å². The van der Waals surface area contributed by atoms with Crippen LogP contribution in [0.4, 0.5) is 0 Å². The van der Waals surface area contributed by atoms with Crippen molar-refractivity contribution in [2.75, 3.05) is 53.4 Å². The Labute approximate surface area is 175 Å². The molecular formula is C24H34N4O. The third-order valence-corrected chi connectivity index (χ3v) is 5.73. The number of hydrogen-bond donors (Lipinski definition) is 1. The molecule has 1 N–H and O–H groups in total. The van der Waals surface area contributed by atoms with E-state index in [1.54, 1.807) is 0 Å². The van der Waals surface area contributed by atoms with Gasteiger partial charge in [0, 0.05) is 39.3 Å². The lowest BCUT2D eigenvalue weighted by molar-refractivity contribution is -0.126. The van der Waals surface area contributed by atoms with E-state index in [1.807, 2.05) is 21.0 Å². The van der Waals surface area contributed by atoms with Crippen molar-refractivity contribution >= 4 is 5.91 Å². The summed E-state index contributed by atoms with van der Waals surface area (Å²) in [5.74, 6) is 0.128. The number of carbonyl (C=O) groups excluding carboxylic acids is 1. The number of carbonyl (C=O) groups is 1. The fourth-order valence-electron chi connectivity index (χ4n) is 3.98. The van der Waals surface area contributed by atoms with Gasteiger partial charge in [-0.15, -0.1) is 0 Å². The maximum Gasteiger partial charge on any atom is 0.237 e. The first-order valence-corrected chi connectivity index (χ1v) is 10.6. The molecular weight excluding hydrogens is 360 g/mol. The number of benzene rings is 2. The summed E-state index contributed by atoms with van der Waals surface area (Å²) in [5.41, 5.74) is 2.64. The third kappa shape index (κ3) is 5.89. The van der Waals surface area contributed by atoms with E-state index in [4.69, 9.17) is 0 Å². The van der Waals surface area contributed by atoms with Gasteiger partial charge < -0.3 is 10.2 Å². The Morgan fingerprint density at radius 2 is 1.38 bits per heavy atom. The van der Waals surface area contributed by atoms with Gasteiger partial charge >= 0.3 is 0 Å². The van der Waals surface area contributed by atoms with E-state index in [0.29, 0.717) is 6.54 Å². The lowest BCUT2D eigenvalue weighted by Gasteiger charge is -2.41. The molecule has 0 bridgehead atoms. The van der Waals surface area contributed by atoms with Gasteiger partial charge in [0.05, 0.1) is 12.1 Å². The normalized spacial score (nSPS) is 16.9. The van der Waals surface area contributed by atoms with Crippen molar-refractivity contribution in [3.8, 4) is 0 Å². The number of nitrogens with zero attached hydrogens (tertiary/aromatic N) is 3. The van der Waals surface area contributed by atoms with Crippen molar-refractivity contribution in [2.45, 2.75) is 19.0 Å². The zero-order valence-corrected chi connectivity index (χ0v) is 17.9. The molecule has 29 heavy (non-hydrogen) atoms. The molecule has 2 aromatic rings. The van der Waals surface area contributed by atoms with E-state index >= 15 is 0 Å². The second-order valence-corrected chi connectivity index (χ2v) is 8.07. The van der Waals surface area contributed by atoms with E-state index < -0.39 is 0 Å². The standard InChI is InChI=1S/C24H34N4O/c1-20(24(29)25-14-15-26(2)3)27-16-18-28(19-17-27)23(21-10-6-4-7-11-21)22-12-8-5-9-13-22/h4-13,20,23H,14-19H2,1-3H3,(H,25,29). The van der Waals surface area contributed by atoms with Crippen LogP contribution in [-0.4, -0.2) is 80.0 Å². The molecule has 2 aromatic carbocycles. The second-order valence-electron chi connectivity index (χ2n) is 8.07. The first kappa shape index (κ1) is 21.5.